The number of hydrogen-bond donors (Lipinski definition) is 0. The summed E-state index contributed by atoms with van der Waals surface area (Å²) >= 11 is 0. The molecular weight excluding hydrogens is 234 g/mol. The normalized spacial score (nSPS) is 11.1. The molecule has 0 atom stereocenters. The summed E-state index contributed by atoms with van der Waals surface area (Å²) in [7, 11) is 0. The Bertz CT molecular complexity index is 556. The monoisotopic (exact) mass is 255 g/mol. The van der Waals surface area contributed by atoms with Crippen molar-refractivity contribution in [3.8, 4) is 0 Å². The predicted octanol–water partition coefficient (Wildman–Crippen LogP) is 4.63. The van der Waals surface area contributed by atoms with Gasteiger partial charge in [-0.05, 0) is 25.0 Å². The van der Waals surface area contributed by atoms with Gasteiger partial charge in [0.25, 0.3) is 0 Å². The second-order valence-corrected chi connectivity index (χ2v) is 5.06. The van der Waals surface area contributed by atoms with Crippen LogP contribution in [0.15, 0.2) is 36.5 Å². The molecule has 0 aliphatic rings. The van der Waals surface area contributed by atoms with Crippen LogP contribution in [0.1, 0.15) is 49.9 Å². The van der Waals surface area contributed by atoms with Gasteiger partial charge in [-0.3, -0.25) is 9.78 Å². The Morgan fingerprint density at radius 1 is 1.16 bits per heavy atom. The molecule has 0 saturated heterocycles. The van der Waals surface area contributed by atoms with Crippen LogP contribution in [0.4, 0.5) is 0 Å². The van der Waals surface area contributed by atoms with Gasteiger partial charge in [0.05, 0.1) is 5.52 Å². The lowest BCUT2D eigenvalue weighted by Gasteiger charge is -2.14. The molecule has 1 heterocycles. The molecule has 2 nitrogen and oxygen atoms in total. The minimum Gasteiger partial charge on any atom is -0.294 e. The van der Waals surface area contributed by atoms with Gasteiger partial charge < -0.3 is 0 Å². The Morgan fingerprint density at radius 3 is 2.53 bits per heavy atom. The Hall–Kier alpha value is -1.70. The van der Waals surface area contributed by atoms with E-state index in [1.54, 1.807) is 6.20 Å². The summed E-state index contributed by atoms with van der Waals surface area (Å²) in [5, 5.41) is 1.04. The summed E-state index contributed by atoms with van der Waals surface area (Å²) in [4.78, 5) is 16.9. The highest BCUT2D eigenvalue weighted by atomic mass is 16.1. The third-order valence-electron chi connectivity index (χ3n) is 3.52. The third kappa shape index (κ3) is 3.19. The van der Waals surface area contributed by atoms with Crippen molar-refractivity contribution in [2.45, 2.75) is 39.5 Å². The maximum absolute atomic E-state index is 12.5. The summed E-state index contributed by atoms with van der Waals surface area (Å²) in [6.45, 7) is 4.27. The number of nitrogens with zero attached hydrogens (tertiary/aromatic N) is 1. The van der Waals surface area contributed by atoms with Gasteiger partial charge in [0.1, 0.15) is 0 Å². The van der Waals surface area contributed by atoms with Crippen molar-refractivity contribution in [1.82, 2.24) is 4.98 Å². The van der Waals surface area contributed by atoms with E-state index in [4.69, 9.17) is 0 Å². The van der Waals surface area contributed by atoms with Crippen LogP contribution in [0.25, 0.3) is 10.9 Å². The highest BCUT2D eigenvalue weighted by Gasteiger charge is 2.18. The number of fused-ring (bicyclic) bond motifs is 1. The molecule has 2 aromatic rings. The van der Waals surface area contributed by atoms with E-state index in [1.807, 2.05) is 30.3 Å². The van der Waals surface area contributed by atoms with E-state index in [1.165, 1.54) is 0 Å². The first kappa shape index (κ1) is 13.7. The Balaban J connectivity index is 2.29. The zero-order valence-electron chi connectivity index (χ0n) is 11.7. The maximum Gasteiger partial charge on any atom is 0.167 e. The number of pyridine rings is 1. The van der Waals surface area contributed by atoms with Gasteiger partial charge >= 0.3 is 0 Å². The van der Waals surface area contributed by atoms with E-state index in [-0.39, 0.29) is 11.7 Å². The molecule has 19 heavy (non-hydrogen) atoms. The quantitative estimate of drug-likeness (QED) is 0.704. The second kappa shape index (κ2) is 6.46. The van der Waals surface area contributed by atoms with Gasteiger partial charge in [-0.1, -0.05) is 44.9 Å². The lowest BCUT2D eigenvalue weighted by Crippen LogP contribution is -2.14. The fourth-order valence-corrected chi connectivity index (χ4v) is 2.54. The van der Waals surface area contributed by atoms with Crippen LogP contribution in [0.2, 0.25) is 0 Å². The van der Waals surface area contributed by atoms with Crippen molar-refractivity contribution in [2.24, 2.45) is 5.92 Å². The van der Waals surface area contributed by atoms with Gasteiger partial charge in [-0.25, -0.2) is 0 Å². The summed E-state index contributed by atoms with van der Waals surface area (Å²) < 4.78 is 0. The van der Waals surface area contributed by atoms with Gasteiger partial charge in [0.2, 0.25) is 0 Å². The van der Waals surface area contributed by atoms with Crippen molar-refractivity contribution < 1.29 is 4.79 Å². The molecule has 0 unspecified atom stereocenters. The number of aromatic nitrogens is 1. The first-order valence-corrected chi connectivity index (χ1v) is 7.15. The van der Waals surface area contributed by atoms with Crippen LogP contribution in [-0.4, -0.2) is 10.8 Å². The van der Waals surface area contributed by atoms with Crippen molar-refractivity contribution in [3.63, 3.8) is 0 Å². The molecule has 0 bridgehead atoms. The second-order valence-electron chi connectivity index (χ2n) is 5.06. The average Bonchev–Trinajstić information content (AvgIpc) is 2.46. The smallest absolute Gasteiger partial charge is 0.167 e. The number of ketones is 1. The van der Waals surface area contributed by atoms with Crippen LogP contribution >= 0.6 is 0 Å². The number of Topliss-reactive ketones (excluding diaryl/α,β-unsaturated/α-hetero) is 1. The maximum atomic E-state index is 12.5. The van der Waals surface area contributed by atoms with E-state index < -0.39 is 0 Å². The average molecular weight is 255 g/mol. The molecule has 0 spiro atoms. The Kier molecular flexibility index (Phi) is 4.67. The third-order valence-corrected chi connectivity index (χ3v) is 3.52. The van der Waals surface area contributed by atoms with Gasteiger partial charge in [0, 0.05) is 23.1 Å². The first-order valence-electron chi connectivity index (χ1n) is 7.15. The van der Waals surface area contributed by atoms with Crippen LogP contribution in [0, 0.1) is 5.92 Å². The SMILES string of the molecule is CCCC(CCC)C(=O)c1cnc2ccccc2c1. The van der Waals surface area contributed by atoms with E-state index in [9.17, 15) is 4.79 Å². The molecule has 0 aliphatic heterocycles. The summed E-state index contributed by atoms with van der Waals surface area (Å²) in [6.07, 6.45) is 5.77. The van der Waals surface area contributed by atoms with Crippen LogP contribution in [-0.2, 0) is 0 Å². The summed E-state index contributed by atoms with van der Waals surface area (Å²) in [5.74, 6) is 0.403. The number of carbonyl (C=O) groups excluding carboxylic acids is 1. The number of hydrogen-bond acceptors (Lipinski definition) is 2. The van der Waals surface area contributed by atoms with E-state index >= 15 is 0 Å². The van der Waals surface area contributed by atoms with Gasteiger partial charge in [0.15, 0.2) is 5.78 Å². The van der Waals surface area contributed by atoms with E-state index in [0.717, 1.165) is 42.1 Å². The molecule has 0 radical (unpaired) electrons. The highest BCUT2D eigenvalue weighted by molar-refractivity contribution is 6.00. The zero-order valence-corrected chi connectivity index (χ0v) is 11.7. The van der Waals surface area contributed by atoms with Crippen LogP contribution < -0.4 is 0 Å². The number of para-hydroxylation sites is 1. The highest BCUT2D eigenvalue weighted by Crippen LogP contribution is 2.21. The van der Waals surface area contributed by atoms with Crippen molar-refractivity contribution in [2.75, 3.05) is 0 Å². The first-order chi connectivity index (χ1) is 9.26. The Morgan fingerprint density at radius 2 is 1.84 bits per heavy atom. The molecule has 1 aromatic carbocycles. The minimum absolute atomic E-state index is 0.151. The number of rotatable bonds is 6. The molecule has 0 amide bonds. The van der Waals surface area contributed by atoms with Gasteiger partial charge in [-0.2, -0.15) is 0 Å². The molecular formula is C17H21NO. The van der Waals surface area contributed by atoms with Crippen molar-refractivity contribution in [1.29, 1.82) is 0 Å². The van der Waals surface area contributed by atoms with Crippen molar-refractivity contribution in [3.05, 3.63) is 42.1 Å². The summed E-state index contributed by atoms with van der Waals surface area (Å²) in [6, 6.07) is 9.90. The minimum atomic E-state index is 0.151. The number of benzene rings is 1. The largest absolute Gasteiger partial charge is 0.294 e. The van der Waals surface area contributed by atoms with Crippen LogP contribution in [0.5, 0.6) is 0 Å². The number of carbonyl (C=O) groups is 1. The molecule has 0 saturated carbocycles. The molecule has 0 N–H and O–H groups in total. The van der Waals surface area contributed by atoms with Crippen LogP contribution in [0.3, 0.4) is 0 Å². The van der Waals surface area contributed by atoms with E-state index in [0.29, 0.717) is 0 Å². The van der Waals surface area contributed by atoms with Crippen molar-refractivity contribution >= 4 is 16.7 Å². The molecule has 1 aromatic heterocycles. The molecule has 0 aliphatic carbocycles. The molecule has 2 heteroatoms. The molecule has 100 valence electrons. The molecule has 0 fully saturated rings. The standard InChI is InChI=1S/C17H21NO/c1-3-7-13(8-4-2)17(19)15-11-14-9-5-6-10-16(14)18-12-15/h5-6,9-13H,3-4,7-8H2,1-2H3. The lowest BCUT2D eigenvalue weighted by atomic mass is 9.90. The topological polar surface area (TPSA) is 30.0 Å². The summed E-state index contributed by atoms with van der Waals surface area (Å²) in [5.41, 5.74) is 1.70. The Labute approximate surface area is 114 Å². The fraction of sp³-hybridized carbons (Fsp3) is 0.412. The molecule has 2 rings (SSSR count). The van der Waals surface area contributed by atoms with Gasteiger partial charge in [-0.15, -0.1) is 0 Å². The predicted molar refractivity (Wildman–Crippen MR) is 79.4 cm³/mol. The lowest BCUT2D eigenvalue weighted by molar-refractivity contribution is 0.0904. The fourth-order valence-electron chi connectivity index (χ4n) is 2.54. The van der Waals surface area contributed by atoms with E-state index in [2.05, 4.69) is 18.8 Å². The zero-order chi connectivity index (χ0) is 13.7.